The molecule has 1 aliphatic rings. The van der Waals surface area contributed by atoms with Crippen LogP contribution in [-0.4, -0.2) is 38.5 Å². The van der Waals surface area contributed by atoms with Gasteiger partial charge in [-0.3, -0.25) is 0 Å². The van der Waals surface area contributed by atoms with Gasteiger partial charge in [0.25, 0.3) is 0 Å². The number of methoxy groups -OCH3 is 1. The molecule has 2 N–H and O–H groups in total. The second kappa shape index (κ2) is 7.66. The van der Waals surface area contributed by atoms with Gasteiger partial charge in [0, 0.05) is 36.5 Å². The molecule has 4 nitrogen and oxygen atoms in total. The number of hydrogen-bond donors (Lipinski definition) is 2. The highest BCUT2D eigenvalue weighted by molar-refractivity contribution is 5.61. The van der Waals surface area contributed by atoms with Gasteiger partial charge in [0.05, 0.1) is 7.11 Å². The smallest absolute Gasteiger partial charge is 0.125 e. The summed E-state index contributed by atoms with van der Waals surface area (Å²) in [6, 6.07) is 7.10. The van der Waals surface area contributed by atoms with Gasteiger partial charge >= 0.3 is 0 Å². The Labute approximate surface area is 128 Å². The van der Waals surface area contributed by atoms with E-state index in [0.29, 0.717) is 6.04 Å². The van der Waals surface area contributed by atoms with Gasteiger partial charge in [-0.15, -0.1) is 0 Å². The van der Waals surface area contributed by atoms with Crippen LogP contribution in [0.25, 0.3) is 0 Å². The first kappa shape index (κ1) is 16.1. The molecule has 0 amide bonds. The summed E-state index contributed by atoms with van der Waals surface area (Å²) in [5, 5.41) is 12.5. The lowest BCUT2D eigenvalue weighted by atomic mass is 9.89. The summed E-state index contributed by atoms with van der Waals surface area (Å²) < 4.78 is 5.58. The van der Waals surface area contributed by atoms with E-state index in [-0.39, 0.29) is 12.6 Å². The van der Waals surface area contributed by atoms with E-state index in [0.717, 1.165) is 18.7 Å². The van der Waals surface area contributed by atoms with Gasteiger partial charge in [-0.25, -0.2) is 0 Å². The normalized spacial score (nSPS) is 16.4. The Morgan fingerprint density at radius 3 is 2.71 bits per heavy atom. The van der Waals surface area contributed by atoms with Gasteiger partial charge in [-0.2, -0.15) is 0 Å². The second-order valence-electron chi connectivity index (χ2n) is 5.76. The van der Waals surface area contributed by atoms with Gasteiger partial charge in [-0.05, 0) is 51.8 Å². The number of ether oxygens (including phenoxy) is 1. The van der Waals surface area contributed by atoms with Gasteiger partial charge in [0.1, 0.15) is 5.75 Å². The fourth-order valence-electron chi connectivity index (χ4n) is 2.98. The van der Waals surface area contributed by atoms with Crippen molar-refractivity contribution in [3.63, 3.8) is 0 Å². The van der Waals surface area contributed by atoms with Crippen molar-refractivity contribution >= 4 is 5.69 Å². The number of hydrogen-bond acceptors (Lipinski definition) is 4. The fraction of sp³-hybridized carbons (Fsp3) is 0.647. The van der Waals surface area contributed by atoms with E-state index in [1.165, 1.54) is 30.5 Å². The first-order chi connectivity index (χ1) is 10.2. The molecule has 0 aliphatic heterocycles. The van der Waals surface area contributed by atoms with E-state index in [1.807, 2.05) is 13.1 Å². The van der Waals surface area contributed by atoms with E-state index in [1.54, 1.807) is 7.11 Å². The number of benzene rings is 1. The van der Waals surface area contributed by atoms with Crippen molar-refractivity contribution in [2.24, 2.45) is 0 Å². The zero-order valence-electron chi connectivity index (χ0n) is 13.4. The Balaban J connectivity index is 2.37. The predicted octanol–water partition coefficient (Wildman–Crippen LogP) is 2.72. The molecule has 0 spiro atoms. The zero-order chi connectivity index (χ0) is 15.2. The maximum atomic E-state index is 9.20. The third-order valence-corrected chi connectivity index (χ3v) is 4.51. The first-order valence-corrected chi connectivity index (χ1v) is 7.94. The molecule has 4 heteroatoms. The molecule has 1 unspecified atom stereocenters. The van der Waals surface area contributed by atoms with Crippen LogP contribution in [0.3, 0.4) is 0 Å². The maximum Gasteiger partial charge on any atom is 0.125 e. The SMILES string of the molecule is CNC(C)c1c(OC)cccc1N(CCCO)C1CCC1. The van der Waals surface area contributed by atoms with Crippen LogP contribution in [0.15, 0.2) is 18.2 Å². The molecule has 21 heavy (non-hydrogen) atoms. The third kappa shape index (κ3) is 3.50. The maximum absolute atomic E-state index is 9.20. The van der Waals surface area contributed by atoms with Crippen LogP contribution in [0.2, 0.25) is 0 Å². The molecule has 0 saturated heterocycles. The Hall–Kier alpha value is -1.26. The lowest BCUT2D eigenvalue weighted by Gasteiger charge is -2.41. The van der Waals surface area contributed by atoms with Crippen LogP contribution in [0.4, 0.5) is 5.69 Å². The third-order valence-electron chi connectivity index (χ3n) is 4.51. The van der Waals surface area contributed by atoms with E-state index in [4.69, 9.17) is 4.74 Å². The van der Waals surface area contributed by atoms with E-state index in [9.17, 15) is 5.11 Å². The number of aliphatic hydroxyl groups excluding tert-OH is 1. The van der Waals surface area contributed by atoms with Crippen LogP contribution < -0.4 is 15.0 Å². The molecule has 1 fully saturated rings. The Kier molecular flexibility index (Phi) is 5.88. The largest absolute Gasteiger partial charge is 0.496 e. The molecule has 0 radical (unpaired) electrons. The summed E-state index contributed by atoms with van der Waals surface area (Å²) >= 11 is 0. The molecule has 0 heterocycles. The standard InChI is InChI=1S/C17H28N2O2/c1-13(18-2)17-15(9-5-10-16(17)21-3)19(11-6-12-20)14-7-4-8-14/h5,9-10,13-14,18,20H,4,6-8,11-12H2,1-3H3. The van der Waals surface area contributed by atoms with Gasteiger partial charge in [-0.1, -0.05) is 6.07 Å². The summed E-state index contributed by atoms with van der Waals surface area (Å²) in [4.78, 5) is 2.46. The Bertz CT molecular complexity index is 446. The quantitative estimate of drug-likeness (QED) is 0.773. The summed E-state index contributed by atoms with van der Waals surface area (Å²) in [5.41, 5.74) is 2.46. The summed E-state index contributed by atoms with van der Waals surface area (Å²) in [5.74, 6) is 0.933. The molecule has 2 rings (SSSR count). The molecule has 1 aromatic rings. The number of nitrogens with one attached hydrogen (secondary N) is 1. The highest BCUT2D eigenvalue weighted by atomic mass is 16.5. The molecule has 1 saturated carbocycles. The van der Waals surface area contributed by atoms with Crippen molar-refractivity contribution in [2.45, 2.75) is 44.7 Å². The molecule has 118 valence electrons. The highest BCUT2D eigenvalue weighted by Crippen LogP contribution is 2.38. The Morgan fingerprint density at radius 2 is 2.19 bits per heavy atom. The molecular weight excluding hydrogens is 264 g/mol. The van der Waals surface area contributed by atoms with Gasteiger partial charge in [0.15, 0.2) is 0 Å². The molecule has 1 atom stereocenters. The Morgan fingerprint density at radius 1 is 1.43 bits per heavy atom. The van der Waals surface area contributed by atoms with Crippen LogP contribution in [-0.2, 0) is 0 Å². The molecule has 0 bridgehead atoms. The molecular formula is C17H28N2O2. The van der Waals surface area contributed by atoms with Crippen LogP contribution >= 0.6 is 0 Å². The molecule has 1 aliphatic carbocycles. The van der Waals surface area contributed by atoms with E-state index >= 15 is 0 Å². The van der Waals surface area contributed by atoms with Crippen molar-refractivity contribution < 1.29 is 9.84 Å². The van der Waals surface area contributed by atoms with Crippen molar-refractivity contribution in [1.29, 1.82) is 0 Å². The molecule has 1 aromatic carbocycles. The van der Waals surface area contributed by atoms with Gasteiger partial charge < -0.3 is 20.1 Å². The summed E-state index contributed by atoms with van der Waals surface area (Å²) in [7, 11) is 3.70. The number of nitrogens with zero attached hydrogens (tertiary/aromatic N) is 1. The first-order valence-electron chi connectivity index (χ1n) is 7.94. The van der Waals surface area contributed by atoms with Crippen molar-refractivity contribution in [1.82, 2.24) is 5.32 Å². The average Bonchev–Trinajstić information content (AvgIpc) is 2.47. The highest BCUT2D eigenvalue weighted by Gasteiger charge is 2.28. The van der Waals surface area contributed by atoms with Crippen molar-refractivity contribution in [2.75, 3.05) is 32.2 Å². The van der Waals surface area contributed by atoms with Crippen LogP contribution in [0, 0.1) is 0 Å². The fourth-order valence-corrected chi connectivity index (χ4v) is 2.98. The lowest BCUT2D eigenvalue weighted by molar-refractivity contribution is 0.282. The summed E-state index contributed by atoms with van der Waals surface area (Å²) in [6.45, 7) is 3.30. The average molecular weight is 292 g/mol. The number of rotatable bonds is 8. The second-order valence-corrected chi connectivity index (χ2v) is 5.76. The number of aliphatic hydroxyl groups is 1. The monoisotopic (exact) mass is 292 g/mol. The van der Waals surface area contributed by atoms with E-state index in [2.05, 4.69) is 29.3 Å². The summed E-state index contributed by atoms with van der Waals surface area (Å²) in [6.07, 6.45) is 4.61. The van der Waals surface area contributed by atoms with Crippen molar-refractivity contribution in [3.05, 3.63) is 23.8 Å². The van der Waals surface area contributed by atoms with E-state index < -0.39 is 0 Å². The van der Waals surface area contributed by atoms with Crippen molar-refractivity contribution in [3.8, 4) is 5.75 Å². The lowest BCUT2D eigenvalue weighted by Crippen LogP contribution is -2.42. The van der Waals surface area contributed by atoms with Crippen LogP contribution in [0.1, 0.15) is 44.2 Å². The minimum absolute atomic E-state index is 0.229. The molecule has 0 aromatic heterocycles. The van der Waals surface area contributed by atoms with Crippen LogP contribution in [0.5, 0.6) is 5.75 Å². The minimum Gasteiger partial charge on any atom is -0.496 e. The predicted molar refractivity (Wildman–Crippen MR) is 87.2 cm³/mol. The van der Waals surface area contributed by atoms with Gasteiger partial charge in [0.2, 0.25) is 0 Å². The zero-order valence-corrected chi connectivity index (χ0v) is 13.4. The minimum atomic E-state index is 0.229. The topological polar surface area (TPSA) is 44.7 Å². The number of anilines is 1.